The van der Waals surface area contributed by atoms with Crippen LogP contribution in [-0.2, 0) is 9.47 Å². The number of halogens is 1. The van der Waals surface area contributed by atoms with E-state index in [2.05, 4.69) is 25.4 Å². The van der Waals surface area contributed by atoms with Crippen molar-refractivity contribution in [2.75, 3.05) is 14.2 Å². The van der Waals surface area contributed by atoms with E-state index in [1.54, 1.807) is 0 Å². The van der Waals surface area contributed by atoms with E-state index in [0.717, 1.165) is 0 Å². The Labute approximate surface area is 197 Å². The molecule has 0 amide bonds. The second-order valence-electron chi connectivity index (χ2n) is 6.51. The molecule has 3 aromatic carbocycles. The molecule has 0 heterocycles. The molecule has 0 atom stereocenters. The highest BCUT2D eigenvalue weighted by molar-refractivity contribution is 9.10. The molecule has 0 radical (unpaired) electrons. The van der Waals surface area contributed by atoms with Gasteiger partial charge in [-0.3, -0.25) is 0 Å². The number of ether oxygens (including phenoxy) is 4. The van der Waals surface area contributed by atoms with Crippen LogP contribution >= 0.6 is 15.9 Å². The van der Waals surface area contributed by atoms with E-state index in [4.69, 9.17) is 9.47 Å². The van der Waals surface area contributed by atoms with Gasteiger partial charge in [-0.25, -0.2) is 19.2 Å². The van der Waals surface area contributed by atoms with E-state index >= 15 is 0 Å². The van der Waals surface area contributed by atoms with E-state index in [1.165, 1.54) is 80.9 Å². The van der Waals surface area contributed by atoms with Gasteiger partial charge >= 0.3 is 23.9 Å². The van der Waals surface area contributed by atoms with Crippen LogP contribution in [0.1, 0.15) is 41.4 Å². The van der Waals surface area contributed by atoms with Crippen LogP contribution in [0.3, 0.4) is 0 Å². The summed E-state index contributed by atoms with van der Waals surface area (Å²) in [7, 11) is 2.54. The van der Waals surface area contributed by atoms with Gasteiger partial charge in [-0.2, -0.15) is 0 Å². The quantitative estimate of drug-likeness (QED) is 0.352. The van der Waals surface area contributed by atoms with E-state index in [-0.39, 0.29) is 22.6 Å². The Morgan fingerprint density at radius 1 is 0.576 bits per heavy atom. The molecule has 9 heteroatoms. The minimum atomic E-state index is -0.661. The van der Waals surface area contributed by atoms with Crippen molar-refractivity contribution in [2.24, 2.45) is 0 Å². The first-order valence-electron chi connectivity index (χ1n) is 9.43. The fraction of sp³-hybridized carbons (Fsp3) is 0.0833. The normalized spacial score (nSPS) is 10.2. The predicted octanol–water partition coefficient (Wildman–Crippen LogP) is 4.46. The maximum atomic E-state index is 12.5. The second kappa shape index (κ2) is 10.6. The van der Waals surface area contributed by atoms with Crippen LogP contribution in [0.5, 0.6) is 11.5 Å². The maximum absolute atomic E-state index is 12.5. The Bertz CT molecular complexity index is 1200. The van der Waals surface area contributed by atoms with Gasteiger partial charge in [0.25, 0.3) is 0 Å². The molecule has 0 aliphatic heterocycles. The molecule has 0 saturated heterocycles. The summed E-state index contributed by atoms with van der Waals surface area (Å²) in [5, 5.41) is 0. The molecule has 0 spiro atoms. The number of hydrogen-bond donors (Lipinski definition) is 0. The Morgan fingerprint density at radius 2 is 1.00 bits per heavy atom. The molecule has 3 aromatic rings. The van der Waals surface area contributed by atoms with Gasteiger partial charge < -0.3 is 18.9 Å². The number of hydrogen-bond acceptors (Lipinski definition) is 8. The topological polar surface area (TPSA) is 105 Å². The van der Waals surface area contributed by atoms with Crippen molar-refractivity contribution in [1.82, 2.24) is 0 Å². The summed E-state index contributed by atoms with van der Waals surface area (Å²) in [4.78, 5) is 47.9. The zero-order valence-corrected chi connectivity index (χ0v) is 19.1. The summed E-state index contributed by atoms with van der Waals surface area (Å²) in [6, 6.07) is 16.0. The van der Waals surface area contributed by atoms with Gasteiger partial charge in [-0.05, 0) is 82.7 Å². The summed E-state index contributed by atoms with van der Waals surface area (Å²) in [6.07, 6.45) is 0. The molecular formula is C24H17BrO8. The third-order valence-corrected chi connectivity index (χ3v) is 5.05. The van der Waals surface area contributed by atoms with Crippen LogP contribution in [0.15, 0.2) is 71.2 Å². The van der Waals surface area contributed by atoms with E-state index in [1.807, 2.05) is 0 Å². The van der Waals surface area contributed by atoms with Crippen molar-refractivity contribution in [2.45, 2.75) is 0 Å². The Hall–Kier alpha value is -3.98. The molecule has 8 nitrogen and oxygen atoms in total. The smallest absolute Gasteiger partial charge is 0.344 e. The average molecular weight is 513 g/mol. The van der Waals surface area contributed by atoms with Crippen LogP contribution in [-0.4, -0.2) is 38.1 Å². The largest absolute Gasteiger partial charge is 0.465 e. The second-order valence-corrected chi connectivity index (χ2v) is 7.36. The van der Waals surface area contributed by atoms with Crippen LogP contribution in [0.2, 0.25) is 0 Å². The molecule has 0 saturated carbocycles. The zero-order chi connectivity index (χ0) is 24.0. The van der Waals surface area contributed by atoms with Crippen LogP contribution in [0, 0.1) is 0 Å². The van der Waals surface area contributed by atoms with Crippen molar-refractivity contribution in [3.05, 3.63) is 93.5 Å². The highest BCUT2D eigenvalue weighted by Crippen LogP contribution is 2.23. The molecule has 3 rings (SSSR count). The van der Waals surface area contributed by atoms with Gasteiger partial charge in [0.05, 0.1) is 36.5 Å². The van der Waals surface area contributed by atoms with E-state index in [9.17, 15) is 19.2 Å². The van der Waals surface area contributed by atoms with Crippen LogP contribution in [0.25, 0.3) is 0 Å². The number of rotatable bonds is 6. The summed E-state index contributed by atoms with van der Waals surface area (Å²) in [5.41, 5.74) is 1.02. The number of carbonyl (C=O) groups excluding carboxylic acids is 4. The Morgan fingerprint density at radius 3 is 1.42 bits per heavy atom. The lowest BCUT2D eigenvalue weighted by atomic mass is 10.1. The summed E-state index contributed by atoms with van der Waals surface area (Å²) >= 11 is 3.27. The highest BCUT2D eigenvalue weighted by Gasteiger charge is 2.17. The van der Waals surface area contributed by atoms with Crippen molar-refractivity contribution >= 4 is 39.8 Å². The standard InChI is InChI=1S/C24H17BrO8/c1-30-21(26)14-3-8-17(9-4-14)32-23(28)16-7-12-19(20(25)13-16)24(29)33-18-10-5-15(6-11-18)22(27)31-2/h3-13H,1-2H3. The van der Waals surface area contributed by atoms with Gasteiger partial charge in [0, 0.05) is 4.47 Å². The average Bonchev–Trinajstić information content (AvgIpc) is 2.83. The maximum Gasteiger partial charge on any atom is 0.344 e. The predicted molar refractivity (Wildman–Crippen MR) is 120 cm³/mol. The summed E-state index contributed by atoms with van der Waals surface area (Å²) in [6.45, 7) is 0. The molecule has 0 aliphatic carbocycles. The van der Waals surface area contributed by atoms with Crippen molar-refractivity contribution in [1.29, 1.82) is 0 Å². The Balaban J connectivity index is 1.67. The van der Waals surface area contributed by atoms with Crippen molar-refractivity contribution in [3.63, 3.8) is 0 Å². The minimum Gasteiger partial charge on any atom is -0.465 e. The monoisotopic (exact) mass is 512 g/mol. The number of carbonyl (C=O) groups is 4. The fourth-order valence-electron chi connectivity index (χ4n) is 2.69. The molecule has 0 aromatic heterocycles. The van der Waals surface area contributed by atoms with E-state index < -0.39 is 23.9 Å². The number of benzene rings is 3. The molecule has 0 fully saturated rings. The van der Waals surface area contributed by atoms with Crippen LogP contribution < -0.4 is 9.47 Å². The SMILES string of the molecule is COC(=O)c1ccc(OC(=O)c2ccc(C(=O)Oc3ccc(C(=O)OC)cc3)c(Br)c2)cc1. The van der Waals surface area contributed by atoms with E-state index in [0.29, 0.717) is 15.6 Å². The molecular weight excluding hydrogens is 496 g/mol. The van der Waals surface area contributed by atoms with Crippen molar-refractivity contribution in [3.8, 4) is 11.5 Å². The minimum absolute atomic E-state index is 0.186. The third kappa shape index (κ3) is 5.83. The van der Waals surface area contributed by atoms with Gasteiger partial charge in [-0.15, -0.1) is 0 Å². The van der Waals surface area contributed by atoms with Gasteiger partial charge in [0.1, 0.15) is 11.5 Å². The molecule has 0 aliphatic rings. The van der Waals surface area contributed by atoms with Gasteiger partial charge in [0.2, 0.25) is 0 Å². The number of methoxy groups -OCH3 is 2. The zero-order valence-electron chi connectivity index (χ0n) is 17.5. The summed E-state index contributed by atoms with van der Waals surface area (Å²) in [5.74, 6) is -1.84. The van der Waals surface area contributed by atoms with Gasteiger partial charge in [-0.1, -0.05) is 0 Å². The Kier molecular flexibility index (Phi) is 7.57. The third-order valence-electron chi connectivity index (χ3n) is 4.40. The lowest BCUT2D eigenvalue weighted by Gasteiger charge is -2.09. The number of esters is 4. The molecule has 33 heavy (non-hydrogen) atoms. The first-order valence-corrected chi connectivity index (χ1v) is 10.2. The summed E-state index contributed by atoms with van der Waals surface area (Å²) < 4.78 is 20.2. The molecule has 0 N–H and O–H groups in total. The molecule has 0 bridgehead atoms. The lowest BCUT2D eigenvalue weighted by Crippen LogP contribution is -2.12. The first kappa shape index (κ1) is 23.7. The molecule has 0 unspecified atom stereocenters. The molecule has 168 valence electrons. The lowest BCUT2D eigenvalue weighted by molar-refractivity contribution is 0.0591. The van der Waals surface area contributed by atoms with Crippen LogP contribution in [0.4, 0.5) is 0 Å². The van der Waals surface area contributed by atoms with Gasteiger partial charge in [0.15, 0.2) is 0 Å². The van der Waals surface area contributed by atoms with Crippen molar-refractivity contribution < 1.29 is 38.1 Å². The first-order chi connectivity index (χ1) is 15.8. The highest BCUT2D eigenvalue weighted by atomic mass is 79.9. The fourth-order valence-corrected chi connectivity index (χ4v) is 3.23.